The van der Waals surface area contributed by atoms with Crippen molar-refractivity contribution in [2.45, 2.75) is 25.6 Å². The molecule has 3 aromatic rings. The lowest BCUT2D eigenvalue weighted by atomic mass is 10.1. The molecule has 0 saturated heterocycles. The van der Waals surface area contributed by atoms with Gasteiger partial charge < -0.3 is 9.88 Å². The number of nitrogens with zero attached hydrogens (tertiary/aromatic N) is 4. The minimum Gasteiger partial charge on any atom is -0.364 e. The van der Waals surface area contributed by atoms with E-state index in [9.17, 15) is 8.42 Å². The molecule has 1 aliphatic rings. The number of sulfonamides is 1. The first-order valence-corrected chi connectivity index (χ1v) is 11.9. The number of H-pyrrole nitrogens is 1. The van der Waals surface area contributed by atoms with Gasteiger partial charge in [0.05, 0.1) is 24.8 Å². The Kier molecular flexibility index (Phi) is 5.71. The molecule has 29 heavy (non-hydrogen) atoms. The number of halogens is 1. The number of hydrogen-bond donors (Lipinski definition) is 1. The fraction of sp³-hybridized carbons (Fsp3) is 0.300. The van der Waals surface area contributed by atoms with Crippen molar-refractivity contribution < 1.29 is 8.42 Å². The van der Waals surface area contributed by atoms with Crippen molar-refractivity contribution >= 4 is 31.6 Å². The normalized spacial score (nSPS) is 17.7. The van der Waals surface area contributed by atoms with Gasteiger partial charge in [-0.3, -0.25) is 4.98 Å². The monoisotopic (exact) mass is 475 g/mol. The highest BCUT2D eigenvalue weighted by Crippen LogP contribution is 2.32. The number of nitrogens with one attached hydrogen (secondary N) is 1. The first-order chi connectivity index (χ1) is 13.9. The molecule has 1 N–H and O–H groups in total. The molecule has 0 amide bonds. The topological polar surface area (TPSA) is 82.2 Å². The Hall–Kier alpha value is -2.23. The van der Waals surface area contributed by atoms with Crippen molar-refractivity contribution in [3.8, 4) is 0 Å². The first-order valence-electron chi connectivity index (χ1n) is 9.27. The summed E-state index contributed by atoms with van der Waals surface area (Å²) in [5, 5.41) is 0. The van der Waals surface area contributed by atoms with E-state index in [0.29, 0.717) is 26.1 Å². The van der Waals surface area contributed by atoms with Gasteiger partial charge in [-0.05, 0) is 35.9 Å². The Morgan fingerprint density at radius 2 is 2.14 bits per heavy atom. The van der Waals surface area contributed by atoms with Crippen molar-refractivity contribution in [2.24, 2.45) is 0 Å². The molecule has 0 radical (unpaired) electrons. The fourth-order valence-corrected chi connectivity index (χ4v) is 5.24. The maximum Gasteiger partial charge on any atom is 0.211 e. The van der Waals surface area contributed by atoms with Crippen LogP contribution in [-0.2, 0) is 29.5 Å². The van der Waals surface area contributed by atoms with Gasteiger partial charge in [-0.25, -0.2) is 13.4 Å². The maximum atomic E-state index is 12.7. The van der Waals surface area contributed by atoms with E-state index < -0.39 is 10.0 Å². The summed E-state index contributed by atoms with van der Waals surface area (Å²) < 4.78 is 28.0. The Morgan fingerprint density at radius 3 is 2.83 bits per heavy atom. The van der Waals surface area contributed by atoms with Gasteiger partial charge in [0.25, 0.3) is 0 Å². The largest absolute Gasteiger partial charge is 0.364 e. The van der Waals surface area contributed by atoms with Gasteiger partial charge in [-0.15, -0.1) is 0 Å². The third-order valence-corrected chi connectivity index (χ3v) is 6.83. The van der Waals surface area contributed by atoms with Crippen LogP contribution in [-0.4, -0.2) is 46.5 Å². The molecule has 152 valence electrons. The number of anilines is 1. The zero-order chi connectivity index (χ0) is 20.4. The number of rotatable bonds is 5. The van der Waals surface area contributed by atoms with Gasteiger partial charge in [0, 0.05) is 53.8 Å². The summed E-state index contributed by atoms with van der Waals surface area (Å²) in [6.45, 7) is 1.49. The molecule has 1 atom stereocenters. The lowest BCUT2D eigenvalue weighted by Gasteiger charge is -2.31. The van der Waals surface area contributed by atoms with Crippen molar-refractivity contribution in [1.82, 2.24) is 19.3 Å². The first kappa shape index (κ1) is 20.1. The van der Waals surface area contributed by atoms with Crippen LogP contribution < -0.4 is 4.90 Å². The number of aromatic amines is 1. The van der Waals surface area contributed by atoms with Crippen LogP contribution >= 0.6 is 15.9 Å². The molecular weight excluding hydrogens is 454 g/mol. The van der Waals surface area contributed by atoms with Gasteiger partial charge >= 0.3 is 0 Å². The number of pyridine rings is 1. The average Bonchev–Trinajstić information content (AvgIpc) is 3.13. The van der Waals surface area contributed by atoms with Crippen LogP contribution in [0, 0.1) is 0 Å². The molecule has 0 saturated carbocycles. The molecule has 0 aliphatic carbocycles. The van der Waals surface area contributed by atoms with Gasteiger partial charge in [0.2, 0.25) is 10.0 Å². The molecule has 1 aliphatic heterocycles. The lowest BCUT2D eigenvalue weighted by molar-refractivity contribution is 0.318. The molecule has 2 aromatic heterocycles. The van der Waals surface area contributed by atoms with Crippen LogP contribution in [0.2, 0.25) is 0 Å². The van der Waals surface area contributed by atoms with Crippen LogP contribution in [0.5, 0.6) is 0 Å². The fourth-order valence-electron chi connectivity index (χ4n) is 3.77. The molecule has 0 spiro atoms. The smallest absolute Gasteiger partial charge is 0.211 e. The minimum atomic E-state index is -3.42. The number of benzene rings is 1. The van der Waals surface area contributed by atoms with E-state index in [2.05, 4.69) is 35.8 Å². The van der Waals surface area contributed by atoms with Crippen LogP contribution in [0.15, 0.2) is 59.6 Å². The number of hydrogen-bond acceptors (Lipinski definition) is 5. The number of aromatic nitrogens is 3. The highest BCUT2D eigenvalue weighted by atomic mass is 79.9. The van der Waals surface area contributed by atoms with Crippen molar-refractivity contribution in [1.29, 1.82) is 0 Å². The zero-order valence-corrected chi connectivity index (χ0v) is 18.4. The van der Waals surface area contributed by atoms with Crippen LogP contribution in [0.3, 0.4) is 0 Å². The minimum absolute atomic E-state index is 0.242. The average molecular weight is 476 g/mol. The summed E-state index contributed by atoms with van der Waals surface area (Å²) in [5.74, 6) is 0. The quantitative estimate of drug-likeness (QED) is 0.613. The Labute approximate surface area is 179 Å². The summed E-state index contributed by atoms with van der Waals surface area (Å²) in [7, 11) is -3.42. The van der Waals surface area contributed by atoms with Crippen LogP contribution in [0.1, 0.15) is 17.0 Å². The summed E-state index contributed by atoms with van der Waals surface area (Å²) in [6.07, 6.45) is 7.02. The van der Waals surface area contributed by atoms with E-state index >= 15 is 0 Å². The van der Waals surface area contributed by atoms with E-state index in [0.717, 1.165) is 27.1 Å². The highest BCUT2D eigenvalue weighted by Gasteiger charge is 2.33. The van der Waals surface area contributed by atoms with Gasteiger partial charge in [-0.1, -0.05) is 22.0 Å². The van der Waals surface area contributed by atoms with E-state index in [4.69, 9.17) is 0 Å². The Morgan fingerprint density at radius 1 is 1.28 bits per heavy atom. The highest BCUT2D eigenvalue weighted by molar-refractivity contribution is 9.10. The van der Waals surface area contributed by atoms with Crippen molar-refractivity contribution in [3.05, 3.63) is 76.5 Å². The SMILES string of the molecule is CS(=O)(=O)N1Cc2cc(Br)ccc2N(Cc2cnc[nH]2)CC1Cc1ccccn1. The Bertz CT molecular complexity index is 1070. The van der Waals surface area contributed by atoms with Gasteiger partial charge in [0.1, 0.15) is 0 Å². The van der Waals surface area contributed by atoms with Crippen molar-refractivity contribution in [2.75, 3.05) is 17.7 Å². The molecule has 0 bridgehead atoms. The van der Waals surface area contributed by atoms with E-state index in [1.165, 1.54) is 6.26 Å². The molecule has 9 heteroatoms. The number of fused-ring (bicyclic) bond motifs is 1. The predicted octanol–water partition coefficient (Wildman–Crippen LogP) is 2.96. The molecule has 4 rings (SSSR count). The van der Waals surface area contributed by atoms with Crippen LogP contribution in [0.25, 0.3) is 0 Å². The summed E-state index contributed by atoms with van der Waals surface area (Å²) in [6, 6.07) is 11.5. The molecular formula is C20H22BrN5O2S. The van der Waals surface area contributed by atoms with Crippen LogP contribution in [0.4, 0.5) is 5.69 Å². The maximum absolute atomic E-state index is 12.7. The summed E-state index contributed by atoms with van der Waals surface area (Å²) >= 11 is 3.52. The van der Waals surface area contributed by atoms with E-state index in [1.807, 2.05) is 36.4 Å². The van der Waals surface area contributed by atoms with E-state index in [1.54, 1.807) is 23.0 Å². The summed E-state index contributed by atoms with van der Waals surface area (Å²) in [5.41, 5.74) is 3.84. The third-order valence-electron chi connectivity index (χ3n) is 5.06. The zero-order valence-electron chi connectivity index (χ0n) is 16.0. The molecule has 1 aromatic carbocycles. The second-order valence-corrected chi connectivity index (χ2v) is 10.1. The standard InChI is InChI=1S/C20H22BrN5O2S/c1-29(27,28)26-11-15-8-16(21)5-6-20(15)25(12-18-10-22-14-24-18)13-19(26)9-17-4-2-3-7-23-17/h2-8,10,14,19H,9,11-13H2,1H3,(H,22,24). The third kappa shape index (κ3) is 4.68. The number of imidazole rings is 1. The van der Waals surface area contributed by atoms with Crippen molar-refractivity contribution in [3.63, 3.8) is 0 Å². The summed E-state index contributed by atoms with van der Waals surface area (Å²) in [4.78, 5) is 13.9. The molecule has 1 unspecified atom stereocenters. The molecule has 3 heterocycles. The second kappa shape index (κ2) is 8.25. The van der Waals surface area contributed by atoms with E-state index in [-0.39, 0.29) is 6.04 Å². The van der Waals surface area contributed by atoms with Gasteiger partial charge in [-0.2, -0.15) is 4.31 Å². The lowest BCUT2D eigenvalue weighted by Crippen LogP contribution is -2.45. The van der Waals surface area contributed by atoms with Gasteiger partial charge in [0.15, 0.2) is 0 Å². The predicted molar refractivity (Wildman–Crippen MR) is 116 cm³/mol. The second-order valence-electron chi connectivity index (χ2n) is 7.22. The molecule has 7 nitrogen and oxygen atoms in total. The molecule has 0 fully saturated rings. The Balaban J connectivity index is 1.75.